The van der Waals surface area contributed by atoms with Crippen molar-refractivity contribution >= 4 is 23.5 Å². The first kappa shape index (κ1) is 18.0. The van der Waals surface area contributed by atoms with Gasteiger partial charge in [0.15, 0.2) is 0 Å². The number of anilines is 1. The van der Waals surface area contributed by atoms with E-state index in [1.165, 1.54) is 32.6 Å². The summed E-state index contributed by atoms with van der Waals surface area (Å²) in [4.78, 5) is 34.6. The number of amides is 2. The fourth-order valence-corrected chi connectivity index (χ4v) is 2.90. The molecule has 130 valence electrons. The molecule has 1 saturated carbocycles. The first-order chi connectivity index (χ1) is 11.5. The van der Waals surface area contributed by atoms with Gasteiger partial charge >= 0.3 is 5.97 Å². The molecule has 1 aliphatic rings. The van der Waals surface area contributed by atoms with Crippen LogP contribution in [0.5, 0.6) is 0 Å². The van der Waals surface area contributed by atoms with Crippen LogP contribution in [-0.2, 0) is 9.59 Å². The third-order valence-electron chi connectivity index (χ3n) is 4.40. The van der Waals surface area contributed by atoms with Gasteiger partial charge in [-0.3, -0.25) is 14.4 Å². The van der Waals surface area contributed by atoms with E-state index in [-0.39, 0.29) is 5.91 Å². The Balaban J connectivity index is 1.81. The molecule has 0 aromatic heterocycles. The molecule has 0 bridgehead atoms. The third kappa shape index (κ3) is 5.37. The molecule has 0 saturated heterocycles. The molecule has 0 radical (unpaired) electrons. The van der Waals surface area contributed by atoms with Crippen LogP contribution < -0.4 is 10.6 Å². The molecule has 1 aromatic carbocycles. The van der Waals surface area contributed by atoms with Crippen LogP contribution in [0.3, 0.4) is 0 Å². The predicted octanol–water partition coefficient (Wildman–Crippen LogP) is 2.80. The lowest BCUT2D eigenvalue weighted by Crippen LogP contribution is -2.38. The first-order valence-electron chi connectivity index (χ1n) is 8.39. The second-order valence-corrected chi connectivity index (χ2v) is 6.35. The summed E-state index contributed by atoms with van der Waals surface area (Å²) >= 11 is 0. The lowest BCUT2D eigenvalue weighted by molar-refractivity contribution is -0.138. The van der Waals surface area contributed by atoms with E-state index < -0.39 is 17.9 Å². The van der Waals surface area contributed by atoms with E-state index in [0.29, 0.717) is 23.6 Å². The van der Waals surface area contributed by atoms with E-state index in [2.05, 4.69) is 10.6 Å². The van der Waals surface area contributed by atoms with E-state index in [4.69, 9.17) is 5.11 Å². The van der Waals surface area contributed by atoms with E-state index >= 15 is 0 Å². The fourth-order valence-electron chi connectivity index (χ4n) is 2.90. The summed E-state index contributed by atoms with van der Waals surface area (Å²) in [7, 11) is 0. The fraction of sp³-hybridized carbons (Fsp3) is 0.500. The van der Waals surface area contributed by atoms with E-state index in [0.717, 1.165) is 6.42 Å². The summed E-state index contributed by atoms with van der Waals surface area (Å²) in [5.74, 6) is -0.879. The molecular weight excluding hydrogens is 308 g/mol. The lowest BCUT2D eigenvalue weighted by atomic mass is 10.0. The maximum absolute atomic E-state index is 12.0. The number of carboxylic acids is 1. The molecule has 1 fully saturated rings. The second kappa shape index (κ2) is 8.47. The highest BCUT2D eigenvalue weighted by molar-refractivity contribution is 5.97. The summed E-state index contributed by atoms with van der Waals surface area (Å²) in [6.45, 7) is 1.40. The number of hydrogen-bond donors (Lipinski definition) is 3. The van der Waals surface area contributed by atoms with Gasteiger partial charge in [-0.15, -0.1) is 0 Å². The summed E-state index contributed by atoms with van der Waals surface area (Å²) < 4.78 is 0. The van der Waals surface area contributed by atoms with Crippen molar-refractivity contribution in [3.05, 3.63) is 29.8 Å². The number of aliphatic carboxylic acids is 1. The van der Waals surface area contributed by atoms with Crippen molar-refractivity contribution < 1.29 is 19.5 Å². The number of hydrogen-bond acceptors (Lipinski definition) is 3. The first-order valence-corrected chi connectivity index (χ1v) is 8.39. The molecule has 24 heavy (non-hydrogen) atoms. The topological polar surface area (TPSA) is 95.5 Å². The van der Waals surface area contributed by atoms with Crippen molar-refractivity contribution in [3.8, 4) is 0 Å². The monoisotopic (exact) mass is 332 g/mol. The minimum absolute atomic E-state index is 0.0152. The Labute approximate surface area is 141 Å². The second-order valence-electron chi connectivity index (χ2n) is 6.35. The van der Waals surface area contributed by atoms with Crippen LogP contribution in [0.2, 0.25) is 0 Å². The summed E-state index contributed by atoms with van der Waals surface area (Å²) in [5.41, 5.74) is 0.987. The molecule has 6 heteroatoms. The smallest absolute Gasteiger partial charge is 0.325 e. The quantitative estimate of drug-likeness (QED) is 0.715. The minimum Gasteiger partial charge on any atom is -0.480 e. The zero-order valence-electron chi connectivity index (χ0n) is 13.9. The van der Waals surface area contributed by atoms with Crippen LogP contribution in [-0.4, -0.2) is 28.9 Å². The maximum Gasteiger partial charge on any atom is 0.325 e. The molecule has 1 unspecified atom stereocenters. The van der Waals surface area contributed by atoms with Gasteiger partial charge in [-0.05, 0) is 43.5 Å². The Morgan fingerprint density at radius 3 is 2.38 bits per heavy atom. The SMILES string of the molecule is CC(NC(=O)c1ccc(NC(=O)CCC2CCCC2)cc1)C(=O)O. The normalized spacial score (nSPS) is 15.7. The molecule has 1 aromatic rings. The van der Waals surface area contributed by atoms with Crippen molar-refractivity contribution in [2.24, 2.45) is 5.92 Å². The summed E-state index contributed by atoms with van der Waals surface area (Å²) in [6.07, 6.45) is 6.45. The van der Waals surface area contributed by atoms with Crippen LogP contribution in [0.1, 0.15) is 55.8 Å². The zero-order valence-corrected chi connectivity index (χ0v) is 13.9. The average Bonchev–Trinajstić information content (AvgIpc) is 3.07. The van der Waals surface area contributed by atoms with Crippen molar-refractivity contribution in [3.63, 3.8) is 0 Å². The molecule has 2 rings (SSSR count). The van der Waals surface area contributed by atoms with E-state index in [1.54, 1.807) is 24.3 Å². The Morgan fingerprint density at radius 1 is 1.17 bits per heavy atom. The Bertz CT molecular complexity index is 592. The highest BCUT2D eigenvalue weighted by atomic mass is 16.4. The number of carbonyl (C=O) groups excluding carboxylic acids is 2. The van der Waals surface area contributed by atoms with Gasteiger partial charge in [-0.25, -0.2) is 0 Å². The molecule has 6 nitrogen and oxygen atoms in total. The van der Waals surface area contributed by atoms with Crippen LogP contribution in [0.15, 0.2) is 24.3 Å². The van der Waals surface area contributed by atoms with Crippen molar-refractivity contribution in [1.82, 2.24) is 5.32 Å². The third-order valence-corrected chi connectivity index (χ3v) is 4.40. The molecule has 1 aliphatic carbocycles. The van der Waals surface area contributed by atoms with E-state index in [1.807, 2.05) is 0 Å². The standard InChI is InChI=1S/C18H24N2O4/c1-12(18(23)24)19-17(22)14-7-9-15(10-8-14)20-16(21)11-6-13-4-2-3-5-13/h7-10,12-13H,2-6,11H2,1H3,(H,19,22)(H,20,21)(H,23,24). The van der Waals surface area contributed by atoms with Crippen LogP contribution >= 0.6 is 0 Å². The number of rotatable bonds is 7. The Kier molecular flexibility index (Phi) is 6.35. The summed E-state index contributed by atoms with van der Waals surface area (Å²) in [6, 6.07) is 5.47. The van der Waals surface area contributed by atoms with Gasteiger partial charge in [0, 0.05) is 17.7 Å². The van der Waals surface area contributed by atoms with Crippen molar-refractivity contribution in [1.29, 1.82) is 0 Å². The zero-order chi connectivity index (χ0) is 17.5. The van der Waals surface area contributed by atoms with Gasteiger partial charge in [-0.1, -0.05) is 25.7 Å². The highest BCUT2D eigenvalue weighted by Crippen LogP contribution is 2.28. The van der Waals surface area contributed by atoms with Crippen LogP contribution in [0.4, 0.5) is 5.69 Å². The van der Waals surface area contributed by atoms with Gasteiger partial charge in [0.1, 0.15) is 6.04 Å². The molecule has 0 heterocycles. The van der Waals surface area contributed by atoms with E-state index in [9.17, 15) is 14.4 Å². The molecular formula is C18H24N2O4. The largest absolute Gasteiger partial charge is 0.480 e. The maximum atomic E-state index is 12.0. The van der Waals surface area contributed by atoms with Gasteiger partial charge in [-0.2, -0.15) is 0 Å². The molecule has 0 aliphatic heterocycles. The van der Waals surface area contributed by atoms with Crippen molar-refractivity contribution in [2.45, 2.75) is 51.5 Å². The number of carbonyl (C=O) groups is 3. The van der Waals surface area contributed by atoms with Gasteiger partial charge < -0.3 is 15.7 Å². The van der Waals surface area contributed by atoms with Gasteiger partial charge in [0.2, 0.25) is 5.91 Å². The lowest BCUT2D eigenvalue weighted by Gasteiger charge is -2.11. The Morgan fingerprint density at radius 2 is 1.79 bits per heavy atom. The van der Waals surface area contributed by atoms with Gasteiger partial charge in [0.05, 0.1) is 0 Å². The molecule has 3 N–H and O–H groups in total. The molecule has 1 atom stereocenters. The average molecular weight is 332 g/mol. The number of nitrogens with one attached hydrogen (secondary N) is 2. The van der Waals surface area contributed by atoms with Crippen molar-refractivity contribution in [2.75, 3.05) is 5.32 Å². The number of benzene rings is 1. The Hall–Kier alpha value is -2.37. The number of carboxylic acid groups (broad SMARTS) is 1. The highest BCUT2D eigenvalue weighted by Gasteiger charge is 2.17. The molecule has 0 spiro atoms. The van der Waals surface area contributed by atoms with Gasteiger partial charge in [0.25, 0.3) is 5.91 Å². The molecule has 2 amide bonds. The van der Waals surface area contributed by atoms with Crippen LogP contribution in [0.25, 0.3) is 0 Å². The minimum atomic E-state index is -1.09. The predicted molar refractivity (Wildman–Crippen MR) is 90.8 cm³/mol. The van der Waals surface area contributed by atoms with Crippen LogP contribution in [0, 0.1) is 5.92 Å². The summed E-state index contributed by atoms with van der Waals surface area (Å²) in [5, 5.41) is 14.0.